The number of hydrogen-bond donors (Lipinski definition) is 3. The minimum atomic E-state index is -4.53. The second-order valence-corrected chi connectivity index (χ2v) is 10.7. The van der Waals surface area contributed by atoms with Gasteiger partial charge >= 0.3 is 6.18 Å². The summed E-state index contributed by atoms with van der Waals surface area (Å²) in [5.41, 5.74) is 0.701. The highest BCUT2D eigenvalue weighted by Crippen LogP contribution is 2.37. The summed E-state index contributed by atoms with van der Waals surface area (Å²) in [6, 6.07) is 4.72. The first-order chi connectivity index (χ1) is 17.6. The smallest absolute Gasteiger partial charge is 0.416 e. The third-order valence-corrected chi connectivity index (χ3v) is 7.96. The quantitative estimate of drug-likeness (QED) is 0.560. The number of hydrogen-bond acceptors (Lipinski definition) is 7. The van der Waals surface area contributed by atoms with Crippen LogP contribution in [0.15, 0.2) is 24.3 Å². The fraction of sp³-hybridized carbons (Fsp3) is 0.577. The van der Waals surface area contributed by atoms with Crippen LogP contribution in [0, 0.1) is 12.3 Å². The number of likely N-dealkylation sites (tertiary alicyclic amines) is 2. The summed E-state index contributed by atoms with van der Waals surface area (Å²) in [5.74, 6) is 0.258. The minimum Gasteiger partial charge on any atom is -0.507 e. The monoisotopic (exact) mass is 518 g/mol. The molecule has 1 aromatic carbocycles. The molecule has 3 aliphatic heterocycles. The molecule has 3 aliphatic rings. The number of amides is 1. The molecular weight excluding hydrogens is 485 g/mol. The van der Waals surface area contributed by atoms with Crippen molar-refractivity contribution in [1.29, 1.82) is 0 Å². The van der Waals surface area contributed by atoms with E-state index in [0.29, 0.717) is 35.1 Å². The van der Waals surface area contributed by atoms with Crippen LogP contribution in [0.1, 0.15) is 36.8 Å². The fourth-order valence-corrected chi connectivity index (χ4v) is 5.61. The van der Waals surface area contributed by atoms with Crippen molar-refractivity contribution in [2.24, 2.45) is 5.41 Å². The molecule has 1 aromatic heterocycles. The van der Waals surface area contributed by atoms with Crippen LogP contribution in [0.5, 0.6) is 5.75 Å². The number of alkyl halides is 3. The Morgan fingerprint density at radius 1 is 1.19 bits per heavy atom. The van der Waals surface area contributed by atoms with Gasteiger partial charge in [-0.1, -0.05) is 0 Å². The molecule has 3 N–H and O–H groups in total. The average Bonchev–Trinajstić information content (AvgIpc) is 2.83. The van der Waals surface area contributed by atoms with Crippen LogP contribution in [0.25, 0.3) is 11.3 Å². The summed E-state index contributed by atoms with van der Waals surface area (Å²) in [6.45, 7) is 7.61. The summed E-state index contributed by atoms with van der Waals surface area (Å²) in [6.07, 6.45) is -0.481. The lowest BCUT2D eigenvalue weighted by Gasteiger charge is -2.48. The summed E-state index contributed by atoms with van der Waals surface area (Å²) < 4.78 is 38.8. The maximum atomic E-state index is 12.9. The van der Waals surface area contributed by atoms with Crippen LogP contribution in [0.2, 0.25) is 0 Å². The van der Waals surface area contributed by atoms with E-state index in [1.54, 1.807) is 13.0 Å². The maximum Gasteiger partial charge on any atom is 0.416 e. The molecule has 5 rings (SSSR count). The number of rotatable bonds is 5. The number of aromatic hydroxyl groups is 1. The predicted octanol–water partition coefficient (Wildman–Crippen LogP) is 3.26. The molecule has 1 spiro atoms. The third kappa shape index (κ3) is 5.67. The zero-order valence-corrected chi connectivity index (χ0v) is 20.9. The lowest BCUT2D eigenvalue weighted by molar-refractivity contribution is -0.138. The first kappa shape index (κ1) is 25.7. The number of carbonyl (C=O) groups is 1. The van der Waals surface area contributed by atoms with E-state index < -0.39 is 17.5 Å². The highest BCUT2D eigenvalue weighted by molar-refractivity contribution is 5.78. The molecule has 1 amide bonds. The first-order valence-electron chi connectivity index (χ1n) is 12.8. The number of piperidine rings is 2. The molecule has 3 saturated heterocycles. The number of aryl methyl sites for hydroxylation is 1. The van der Waals surface area contributed by atoms with E-state index in [4.69, 9.17) is 0 Å². The number of aromatic nitrogens is 2. The van der Waals surface area contributed by atoms with Crippen LogP contribution >= 0.6 is 0 Å². The summed E-state index contributed by atoms with van der Waals surface area (Å²) in [7, 11) is 0. The van der Waals surface area contributed by atoms with E-state index in [0.717, 1.165) is 71.0 Å². The summed E-state index contributed by atoms with van der Waals surface area (Å²) in [4.78, 5) is 17.1. The number of nitrogens with one attached hydrogen (secondary N) is 2. The Bertz CT molecular complexity index is 1140. The Labute approximate surface area is 214 Å². The van der Waals surface area contributed by atoms with Crippen molar-refractivity contribution in [1.82, 2.24) is 25.3 Å². The van der Waals surface area contributed by atoms with Crippen molar-refractivity contribution >= 4 is 11.7 Å². The van der Waals surface area contributed by atoms with Gasteiger partial charge in [0.1, 0.15) is 11.6 Å². The second kappa shape index (κ2) is 10.1. The van der Waals surface area contributed by atoms with Gasteiger partial charge in [-0.25, -0.2) is 0 Å². The predicted molar refractivity (Wildman–Crippen MR) is 133 cm³/mol. The van der Waals surface area contributed by atoms with E-state index >= 15 is 0 Å². The van der Waals surface area contributed by atoms with Gasteiger partial charge in [-0.05, 0) is 74.4 Å². The Morgan fingerprint density at radius 3 is 2.57 bits per heavy atom. The zero-order valence-electron chi connectivity index (χ0n) is 20.9. The molecular formula is C26H33F3N6O2. The van der Waals surface area contributed by atoms with Crippen LogP contribution in [0.3, 0.4) is 0 Å². The Hall–Kier alpha value is -2.92. The van der Waals surface area contributed by atoms with E-state index in [1.165, 1.54) is 6.07 Å². The Kier molecular flexibility index (Phi) is 7.01. The van der Waals surface area contributed by atoms with E-state index in [9.17, 15) is 23.1 Å². The highest BCUT2D eigenvalue weighted by Gasteiger charge is 2.40. The molecule has 0 radical (unpaired) electrons. The first-order valence-corrected chi connectivity index (χ1v) is 12.8. The van der Waals surface area contributed by atoms with Gasteiger partial charge in [0, 0.05) is 44.3 Å². The molecule has 0 unspecified atom stereocenters. The highest BCUT2D eigenvalue weighted by atomic mass is 19.4. The number of carbonyl (C=O) groups excluding carboxylic acids is 1. The zero-order chi connectivity index (χ0) is 26.2. The second-order valence-electron chi connectivity index (χ2n) is 10.7. The van der Waals surface area contributed by atoms with Gasteiger partial charge in [-0.3, -0.25) is 9.69 Å². The van der Waals surface area contributed by atoms with Gasteiger partial charge in [0.05, 0.1) is 17.8 Å². The molecule has 0 saturated carbocycles. The number of nitrogens with zero attached hydrogens (tertiary/aromatic N) is 4. The maximum absolute atomic E-state index is 12.9. The molecule has 1 atom stereocenters. The van der Waals surface area contributed by atoms with Gasteiger partial charge in [0.15, 0.2) is 0 Å². The largest absolute Gasteiger partial charge is 0.507 e. The standard InChI is InChI=1S/C26H33F3N6O2/c1-17-11-22(32-33-24(17)20-5-4-18(12-21(20)36)26(27,28)29)31-19-3-2-8-34(13-19)14-23(37)35-9-6-25(7-10-35)15-30-16-25/h4-5,11-12,19,30,36H,2-3,6-10,13-16H2,1H3,(H,31,32)/t19-/m1/s1. The van der Waals surface area contributed by atoms with Gasteiger partial charge in [0.25, 0.3) is 0 Å². The van der Waals surface area contributed by atoms with Crippen molar-refractivity contribution in [3.8, 4) is 17.0 Å². The number of phenolic OH excluding ortho intramolecular Hbond substituents is 1. The van der Waals surface area contributed by atoms with Crippen LogP contribution in [-0.2, 0) is 11.0 Å². The molecule has 0 aliphatic carbocycles. The minimum absolute atomic E-state index is 0.103. The molecule has 4 heterocycles. The number of anilines is 1. The van der Waals surface area contributed by atoms with Crippen LogP contribution in [0.4, 0.5) is 19.0 Å². The molecule has 11 heteroatoms. The molecule has 2 aromatic rings. The number of phenols is 1. The van der Waals surface area contributed by atoms with Crippen molar-refractivity contribution in [3.63, 3.8) is 0 Å². The van der Waals surface area contributed by atoms with E-state index in [-0.39, 0.29) is 17.5 Å². The average molecular weight is 519 g/mol. The normalized spacial score (nSPS) is 22.1. The van der Waals surface area contributed by atoms with Gasteiger partial charge in [-0.15, -0.1) is 10.2 Å². The Balaban J connectivity index is 1.17. The van der Waals surface area contributed by atoms with Gasteiger partial charge in [0.2, 0.25) is 5.91 Å². The van der Waals surface area contributed by atoms with Gasteiger partial charge in [-0.2, -0.15) is 13.2 Å². The summed E-state index contributed by atoms with van der Waals surface area (Å²) in [5, 5.41) is 25.3. The fourth-order valence-electron chi connectivity index (χ4n) is 5.61. The lowest BCUT2D eigenvalue weighted by atomic mass is 9.73. The molecule has 200 valence electrons. The van der Waals surface area contributed by atoms with E-state index in [1.807, 2.05) is 4.90 Å². The number of halogens is 3. The third-order valence-electron chi connectivity index (χ3n) is 7.96. The lowest BCUT2D eigenvalue weighted by Crippen LogP contribution is -2.59. The summed E-state index contributed by atoms with van der Waals surface area (Å²) >= 11 is 0. The molecule has 8 nitrogen and oxygen atoms in total. The number of benzene rings is 1. The molecule has 0 bridgehead atoms. The van der Waals surface area contributed by atoms with Crippen LogP contribution in [-0.4, -0.2) is 82.9 Å². The van der Waals surface area contributed by atoms with Gasteiger partial charge < -0.3 is 20.6 Å². The Morgan fingerprint density at radius 2 is 1.95 bits per heavy atom. The topological polar surface area (TPSA) is 93.6 Å². The van der Waals surface area contributed by atoms with Crippen molar-refractivity contribution in [2.45, 2.75) is 44.8 Å². The SMILES string of the molecule is Cc1cc(N[C@@H]2CCCN(CC(=O)N3CCC4(CC3)CNC4)C2)nnc1-c1ccc(C(F)(F)F)cc1O. The molecule has 37 heavy (non-hydrogen) atoms. The van der Waals surface area contributed by atoms with Crippen LogP contribution < -0.4 is 10.6 Å². The molecule has 3 fully saturated rings. The van der Waals surface area contributed by atoms with Crippen molar-refractivity contribution < 1.29 is 23.1 Å². The van der Waals surface area contributed by atoms with Crippen molar-refractivity contribution in [2.75, 3.05) is 51.1 Å². The van der Waals surface area contributed by atoms with Crippen molar-refractivity contribution in [3.05, 3.63) is 35.4 Å². The van der Waals surface area contributed by atoms with E-state index in [2.05, 4.69) is 25.7 Å².